The van der Waals surface area contributed by atoms with Gasteiger partial charge < -0.3 is 24.6 Å². The average Bonchev–Trinajstić information content (AvgIpc) is 3.50. The summed E-state index contributed by atoms with van der Waals surface area (Å²) in [6, 6.07) is 11.9. The van der Waals surface area contributed by atoms with E-state index in [9.17, 15) is 14.4 Å². The largest absolute Gasteiger partial charge is 0.460 e. The van der Waals surface area contributed by atoms with Crippen LogP contribution in [0.3, 0.4) is 0 Å². The summed E-state index contributed by atoms with van der Waals surface area (Å²) in [4.78, 5) is 47.4. The smallest absolute Gasteiger partial charge is 0.419 e. The number of nitrogens with one attached hydrogen (secondary N) is 1. The number of para-hydroxylation sites is 1. The van der Waals surface area contributed by atoms with Crippen molar-refractivity contribution < 1.29 is 23.9 Å². The maximum absolute atomic E-state index is 13.8. The van der Waals surface area contributed by atoms with Crippen LogP contribution in [0.5, 0.6) is 0 Å². The van der Waals surface area contributed by atoms with Crippen molar-refractivity contribution in [3.8, 4) is 0 Å². The number of esters is 1. The molecule has 3 heterocycles. The summed E-state index contributed by atoms with van der Waals surface area (Å²) in [6.45, 7) is 15.5. The van der Waals surface area contributed by atoms with E-state index in [0.29, 0.717) is 12.0 Å². The molecule has 9 nitrogen and oxygen atoms in total. The first kappa shape index (κ1) is 33.1. The monoisotopic (exact) mass is 636 g/mol. The van der Waals surface area contributed by atoms with Crippen molar-refractivity contribution in [2.24, 2.45) is 0 Å². The van der Waals surface area contributed by atoms with Crippen molar-refractivity contribution >= 4 is 46.8 Å². The molecular weight excluding hydrogens is 588 g/mol. The average molecular weight is 637 g/mol. The summed E-state index contributed by atoms with van der Waals surface area (Å²) in [6.07, 6.45) is 4.59. The van der Waals surface area contributed by atoms with Gasteiger partial charge in [-0.15, -0.1) is 0 Å². The molecule has 244 valence electrons. The van der Waals surface area contributed by atoms with Crippen molar-refractivity contribution in [1.82, 2.24) is 9.80 Å². The van der Waals surface area contributed by atoms with E-state index in [2.05, 4.69) is 10.2 Å². The van der Waals surface area contributed by atoms with Gasteiger partial charge in [-0.2, -0.15) is 0 Å². The van der Waals surface area contributed by atoms with Crippen LogP contribution in [0.1, 0.15) is 90.4 Å². The molecule has 10 heteroatoms. The van der Waals surface area contributed by atoms with Gasteiger partial charge in [0, 0.05) is 54.0 Å². The maximum atomic E-state index is 13.8. The minimum absolute atomic E-state index is 0.0291. The van der Waals surface area contributed by atoms with Crippen molar-refractivity contribution in [3.05, 3.63) is 42.0 Å². The molecule has 0 aliphatic carbocycles. The molecule has 2 fully saturated rings. The van der Waals surface area contributed by atoms with Gasteiger partial charge in [-0.1, -0.05) is 23.9 Å². The van der Waals surface area contributed by atoms with E-state index in [0.717, 1.165) is 91.7 Å². The second-order valence-corrected chi connectivity index (χ2v) is 15.3. The summed E-state index contributed by atoms with van der Waals surface area (Å²) in [7, 11) is 0. The number of hydrogen-bond acceptors (Lipinski definition) is 8. The molecule has 0 atom stereocenters. The number of rotatable bonds is 7. The number of nitrogens with zero attached hydrogens (tertiary/aromatic N) is 3. The van der Waals surface area contributed by atoms with Crippen LogP contribution in [0.4, 0.5) is 21.9 Å². The summed E-state index contributed by atoms with van der Waals surface area (Å²) in [5.41, 5.74) is 1.76. The maximum Gasteiger partial charge on any atom is 0.419 e. The van der Waals surface area contributed by atoms with Gasteiger partial charge in [-0.05, 0) is 104 Å². The molecule has 5 rings (SSSR count). The lowest BCUT2D eigenvalue weighted by Gasteiger charge is -2.37. The van der Waals surface area contributed by atoms with E-state index in [1.54, 1.807) is 16.7 Å². The predicted molar refractivity (Wildman–Crippen MR) is 179 cm³/mol. The van der Waals surface area contributed by atoms with Gasteiger partial charge in [0.05, 0.1) is 17.1 Å². The van der Waals surface area contributed by atoms with E-state index < -0.39 is 17.3 Å². The molecule has 1 N–H and O–H groups in total. The van der Waals surface area contributed by atoms with E-state index in [1.165, 1.54) is 0 Å². The minimum Gasteiger partial charge on any atom is -0.460 e. The number of carbonyl (C=O) groups excluding carboxylic acids is 3. The SMILES string of the molecule is CC(C)(C)OC(=O)CCCN1CCC(Nc2cc(C(=O)N3CCCC3)cc3c2N(C(=O)OC(C)(C)C)c2ccccc2S3)CC1. The highest BCUT2D eigenvalue weighted by atomic mass is 32.2. The van der Waals surface area contributed by atoms with Gasteiger partial charge in [0.25, 0.3) is 5.91 Å². The van der Waals surface area contributed by atoms with Gasteiger partial charge in [0.2, 0.25) is 0 Å². The standard InChI is InChI=1S/C35H48N4O5S/c1-34(2,3)43-30(40)14-11-17-37-20-15-25(16-21-37)36-26-22-24(32(41)38-18-9-10-19-38)23-29-31(26)39(33(42)44-35(4,5)6)27-12-7-8-13-28(27)45-29/h7-8,12-13,22-23,25,36H,9-11,14-21H2,1-6H3. The number of amides is 2. The normalized spacial score (nSPS) is 17.5. The molecule has 2 amide bonds. The molecule has 0 saturated carbocycles. The Bertz CT molecular complexity index is 1400. The molecule has 0 spiro atoms. The van der Waals surface area contributed by atoms with E-state index in [-0.39, 0.29) is 17.9 Å². The molecule has 2 saturated heterocycles. The van der Waals surface area contributed by atoms with Crippen molar-refractivity contribution in [1.29, 1.82) is 0 Å². The summed E-state index contributed by atoms with van der Waals surface area (Å²) >= 11 is 1.58. The Kier molecular flexibility index (Phi) is 10.0. The lowest BCUT2D eigenvalue weighted by molar-refractivity contribution is -0.155. The fraction of sp³-hybridized carbons (Fsp3) is 0.571. The van der Waals surface area contributed by atoms with Crippen LogP contribution in [0.2, 0.25) is 0 Å². The molecule has 0 unspecified atom stereocenters. The minimum atomic E-state index is -0.674. The van der Waals surface area contributed by atoms with Crippen LogP contribution >= 0.6 is 11.8 Å². The molecule has 45 heavy (non-hydrogen) atoms. The highest BCUT2D eigenvalue weighted by Crippen LogP contribution is 2.52. The van der Waals surface area contributed by atoms with E-state index >= 15 is 0 Å². The number of carbonyl (C=O) groups is 3. The number of benzene rings is 2. The van der Waals surface area contributed by atoms with Crippen molar-refractivity contribution in [2.45, 2.75) is 107 Å². The summed E-state index contributed by atoms with van der Waals surface area (Å²) < 4.78 is 11.4. The first-order valence-electron chi connectivity index (χ1n) is 16.3. The molecule has 3 aliphatic rings. The highest BCUT2D eigenvalue weighted by molar-refractivity contribution is 7.99. The second-order valence-electron chi connectivity index (χ2n) is 14.2. The fourth-order valence-electron chi connectivity index (χ4n) is 6.08. The summed E-state index contributed by atoms with van der Waals surface area (Å²) in [5.74, 6) is -0.123. The van der Waals surface area contributed by atoms with Gasteiger partial charge in [-0.25, -0.2) is 9.69 Å². The third kappa shape index (κ3) is 8.52. The lowest BCUT2D eigenvalue weighted by atomic mass is 10.0. The first-order chi connectivity index (χ1) is 21.3. The Labute approximate surface area is 272 Å². The Hall–Kier alpha value is -3.24. The summed E-state index contributed by atoms with van der Waals surface area (Å²) in [5, 5.41) is 3.76. The second kappa shape index (κ2) is 13.6. The molecule has 0 bridgehead atoms. The van der Waals surface area contributed by atoms with Crippen LogP contribution in [0.25, 0.3) is 0 Å². The third-order valence-corrected chi connectivity index (χ3v) is 9.16. The Morgan fingerprint density at radius 1 is 0.889 bits per heavy atom. The molecule has 2 aromatic rings. The van der Waals surface area contributed by atoms with Gasteiger partial charge in [-0.3, -0.25) is 9.59 Å². The van der Waals surface area contributed by atoms with Gasteiger partial charge >= 0.3 is 12.1 Å². The third-order valence-electron chi connectivity index (χ3n) is 8.06. The number of anilines is 3. The number of piperidine rings is 1. The van der Waals surface area contributed by atoms with Crippen LogP contribution in [-0.4, -0.2) is 77.7 Å². The quantitative estimate of drug-likeness (QED) is 0.313. The molecule has 3 aliphatic heterocycles. The van der Waals surface area contributed by atoms with Crippen molar-refractivity contribution in [2.75, 3.05) is 42.9 Å². The van der Waals surface area contributed by atoms with E-state index in [1.807, 2.05) is 82.8 Å². The first-order valence-corrected chi connectivity index (χ1v) is 17.1. The highest BCUT2D eigenvalue weighted by Gasteiger charge is 2.36. The number of fused-ring (bicyclic) bond motifs is 2. The number of ether oxygens (including phenoxy) is 2. The lowest BCUT2D eigenvalue weighted by Crippen LogP contribution is -2.40. The Morgan fingerprint density at radius 2 is 1.56 bits per heavy atom. The zero-order valence-electron chi connectivity index (χ0n) is 27.6. The predicted octanol–water partition coefficient (Wildman–Crippen LogP) is 7.46. The van der Waals surface area contributed by atoms with Crippen molar-refractivity contribution in [3.63, 3.8) is 0 Å². The number of likely N-dealkylation sites (tertiary alicyclic amines) is 2. The van der Waals surface area contributed by atoms with Crippen LogP contribution < -0.4 is 10.2 Å². The molecule has 0 radical (unpaired) electrons. The van der Waals surface area contributed by atoms with E-state index in [4.69, 9.17) is 9.47 Å². The molecular formula is C35H48N4O5S. The zero-order chi connectivity index (χ0) is 32.4. The molecule has 0 aromatic heterocycles. The van der Waals surface area contributed by atoms with Crippen LogP contribution in [0.15, 0.2) is 46.2 Å². The number of hydrogen-bond donors (Lipinski definition) is 1. The molecule has 2 aromatic carbocycles. The zero-order valence-corrected chi connectivity index (χ0v) is 28.4. The fourth-order valence-corrected chi connectivity index (χ4v) is 7.21. The van der Waals surface area contributed by atoms with Gasteiger partial charge in [0.15, 0.2) is 0 Å². The van der Waals surface area contributed by atoms with Crippen LogP contribution in [0, 0.1) is 0 Å². The Morgan fingerprint density at radius 3 is 2.22 bits per heavy atom. The van der Waals surface area contributed by atoms with Gasteiger partial charge in [0.1, 0.15) is 11.2 Å². The van der Waals surface area contributed by atoms with Crippen LogP contribution in [-0.2, 0) is 14.3 Å². The topological polar surface area (TPSA) is 91.4 Å². The Balaban J connectivity index is 1.38.